The molecule has 0 unspecified atom stereocenters. The molecule has 0 bridgehead atoms. The van der Waals surface area contributed by atoms with E-state index in [-0.39, 0.29) is 6.61 Å². The second-order valence-electron chi connectivity index (χ2n) is 5.19. The van der Waals surface area contributed by atoms with Crippen LogP contribution in [-0.4, -0.2) is 45.3 Å². The van der Waals surface area contributed by atoms with E-state index in [1.54, 1.807) is 18.0 Å². The molecule has 0 saturated carbocycles. The van der Waals surface area contributed by atoms with Gasteiger partial charge in [0.05, 0.1) is 18.4 Å². The Balaban J connectivity index is 1.89. The average molecular weight is 344 g/mol. The number of furan rings is 1. The van der Waals surface area contributed by atoms with Crippen molar-refractivity contribution in [2.24, 2.45) is 0 Å². The maximum absolute atomic E-state index is 8.81. The molecule has 0 aliphatic carbocycles. The van der Waals surface area contributed by atoms with Crippen LogP contribution in [0.2, 0.25) is 0 Å². The van der Waals surface area contributed by atoms with Crippen LogP contribution in [-0.2, 0) is 0 Å². The van der Waals surface area contributed by atoms with Gasteiger partial charge in [0, 0.05) is 24.5 Å². The number of nitrogens with zero attached hydrogens (tertiary/aromatic N) is 3. The highest BCUT2D eigenvalue weighted by molar-refractivity contribution is 7.99. The minimum atomic E-state index is 0.148. The smallest absolute Gasteiger partial charge is 0.196 e. The van der Waals surface area contributed by atoms with E-state index in [1.807, 2.05) is 43.3 Å². The van der Waals surface area contributed by atoms with Gasteiger partial charge in [-0.2, -0.15) is 0 Å². The van der Waals surface area contributed by atoms with Gasteiger partial charge in [-0.3, -0.25) is 4.57 Å². The third-order valence-electron chi connectivity index (χ3n) is 3.55. The molecule has 3 rings (SSSR count). The normalized spacial score (nSPS) is 11.1. The van der Waals surface area contributed by atoms with Crippen molar-refractivity contribution in [2.45, 2.75) is 12.1 Å². The van der Waals surface area contributed by atoms with Crippen molar-refractivity contribution in [1.29, 1.82) is 0 Å². The molecule has 6 nitrogen and oxygen atoms in total. The molecule has 0 radical (unpaired) electrons. The lowest BCUT2D eigenvalue weighted by molar-refractivity contribution is 0.294. The van der Waals surface area contributed by atoms with Crippen LogP contribution in [0, 0.1) is 6.92 Å². The molecular weight excluding hydrogens is 324 g/mol. The maximum Gasteiger partial charge on any atom is 0.196 e. The molecule has 0 aliphatic rings. The predicted octanol–water partition coefficient (Wildman–Crippen LogP) is 2.51. The largest absolute Gasteiger partial charge is 0.469 e. The summed E-state index contributed by atoms with van der Waals surface area (Å²) in [6.07, 6.45) is 1.67. The van der Waals surface area contributed by atoms with Crippen molar-refractivity contribution in [3.8, 4) is 17.1 Å². The number of benzene rings is 1. The standard InChI is InChI=1S/C17H20N4O2S/c1-13-15(7-11-23-13)16-19-20-17(24-12-9-18-8-10-22)21(16)14-5-3-2-4-6-14/h2-7,11,18,22H,8-10,12H2,1H3. The predicted molar refractivity (Wildman–Crippen MR) is 94.5 cm³/mol. The van der Waals surface area contributed by atoms with Crippen molar-refractivity contribution in [1.82, 2.24) is 20.1 Å². The van der Waals surface area contributed by atoms with Gasteiger partial charge in [0.2, 0.25) is 0 Å². The van der Waals surface area contributed by atoms with Crippen molar-refractivity contribution >= 4 is 11.8 Å². The summed E-state index contributed by atoms with van der Waals surface area (Å²) in [5, 5.41) is 21.6. The fourth-order valence-electron chi connectivity index (χ4n) is 2.38. The first-order chi connectivity index (χ1) is 11.8. The number of aryl methyl sites for hydroxylation is 1. The fraction of sp³-hybridized carbons (Fsp3) is 0.294. The molecule has 2 heterocycles. The van der Waals surface area contributed by atoms with Gasteiger partial charge < -0.3 is 14.8 Å². The number of hydrogen-bond acceptors (Lipinski definition) is 6. The monoisotopic (exact) mass is 344 g/mol. The van der Waals surface area contributed by atoms with Crippen LogP contribution in [0.5, 0.6) is 0 Å². The molecule has 1 aromatic carbocycles. The third kappa shape index (κ3) is 3.69. The molecule has 0 spiro atoms. The lowest BCUT2D eigenvalue weighted by atomic mass is 10.2. The number of aromatic nitrogens is 3. The van der Waals surface area contributed by atoms with Crippen molar-refractivity contribution in [3.63, 3.8) is 0 Å². The Hall–Kier alpha value is -2.09. The Kier molecular flexibility index (Phi) is 5.68. The second-order valence-corrected chi connectivity index (χ2v) is 6.25. The lowest BCUT2D eigenvalue weighted by Crippen LogP contribution is -2.20. The molecule has 7 heteroatoms. The summed E-state index contributed by atoms with van der Waals surface area (Å²) < 4.78 is 7.47. The first kappa shape index (κ1) is 16.8. The number of rotatable bonds is 8. The zero-order valence-corrected chi connectivity index (χ0v) is 14.3. The van der Waals surface area contributed by atoms with Gasteiger partial charge >= 0.3 is 0 Å². The SMILES string of the molecule is Cc1occc1-c1nnc(SCCNCCO)n1-c1ccccc1. The van der Waals surface area contributed by atoms with Gasteiger partial charge in [-0.1, -0.05) is 30.0 Å². The topological polar surface area (TPSA) is 76.1 Å². The van der Waals surface area contributed by atoms with E-state index < -0.39 is 0 Å². The van der Waals surface area contributed by atoms with E-state index in [4.69, 9.17) is 9.52 Å². The van der Waals surface area contributed by atoms with E-state index in [2.05, 4.69) is 20.1 Å². The van der Waals surface area contributed by atoms with Gasteiger partial charge in [-0.05, 0) is 25.1 Å². The van der Waals surface area contributed by atoms with Crippen LogP contribution in [0.25, 0.3) is 17.1 Å². The van der Waals surface area contributed by atoms with Gasteiger partial charge in [0.25, 0.3) is 0 Å². The van der Waals surface area contributed by atoms with Gasteiger partial charge in [-0.15, -0.1) is 10.2 Å². The first-order valence-corrected chi connectivity index (χ1v) is 8.79. The number of aliphatic hydroxyl groups is 1. The number of nitrogens with one attached hydrogen (secondary N) is 1. The zero-order valence-electron chi connectivity index (χ0n) is 13.5. The van der Waals surface area contributed by atoms with Gasteiger partial charge in [0.1, 0.15) is 5.76 Å². The Labute approximate surface area is 144 Å². The molecule has 0 amide bonds. The molecule has 0 saturated heterocycles. The first-order valence-electron chi connectivity index (χ1n) is 7.81. The number of para-hydroxylation sites is 1. The molecule has 24 heavy (non-hydrogen) atoms. The average Bonchev–Trinajstić information content (AvgIpc) is 3.21. The van der Waals surface area contributed by atoms with Crippen LogP contribution < -0.4 is 5.32 Å². The van der Waals surface area contributed by atoms with Crippen molar-refractivity contribution < 1.29 is 9.52 Å². The summed E-state index contributed by atoms with van der Waals surface area (Å²) in [4.78, 5) is 0. The van der Waals surface area contributed by atoms with E-state index in [0.29, 0.717) is 6.54 Å². The molecule has 2 N–H and O–H groups in total. The molecule has 0 atom stereocenters. The molecule has 0 fully saturated rings. The Morgan fingerprint density at radius 1 is 1.17 bits per heavy atom. The quantitative estimate of drug-likeness (QED) is 0.483. The number of hydrogen-bond donors (Lipinski definition) is 2. The van der Waals surface area contributed by atoms with E-state index >= 15 is 0 Å². The Bertz CT molecular complexity index is 770. The summed E-state index contributed by atoms with van der Waals surface area (Å²) in [6.45, 7) is 3.47. The summed E-state index contributed by atoms with van der Waals surface area (Å²) in [5.41, 5.74) is 1.96. The van der Waals surface area contributed by atoms with Crippen LogP contribution in [0.4, 0.5) is 0 Å². The number of aliphatic hydroxyl groups excluding tert-OH is 1. The second kappa shape index (κ2) is 8.14. The van der Waals surface area contributed by atoms with Crippen LogP contribution in [0.3, 0.4) is 0 Å². The van der Waals surface area contributed by atoms with Crippen LogP contribution in [0.1, 0.15) is 5.76 Å². The molecule has 126 valence electrons. The van der Waals surface area contributed by atoms with E-state index in [0.717, 1.165) is 40.3 Å². The molecule has 3 aromatic rings. The highest BCUT2D eigenvalue weighted by Gasteiger charge is 2.18. The number of thioether (sulfide) groups is 1. The fourth-order valence-corrected chi connectivity index (χ4v) is 3.23. The summed E-state index contributed by atoms with van der Waals surface area (Å²) in [5.74, 6) is 2.44. The van der Waals surface area contributed by atoms with Crippen molar-refractivity contribution in [2.75, 3.05) is 25.4 Å². The van der Waals surface area contributed by atoms with Crippen LogP contribution >= 0.6 is 11.8 Å². The van der Waals surface area contributed by atoms with E-state index in [1.165, 1.54) is 0 Å². The molecule has 2 aromatic heterocycles. The van der Waals surface area contributed by atoms with Crippen molar-refractivity contribution in [3.05, 3.63) is 48.4 Å². The summed E-state index contributed by atoms with van der Waals surface area (Å²) in [7, 11) is 0. The Morgan fingerprint density at radius 2 is 2.00 bits per heavy atom. The molecule has 0 aliphatic heterocycles. The maximum atomic E-state index is 8.81. The summed E-state index contributed by atoms with van der Waals surface area (Å²) in [6, 6.07) is 12.0. The third-order valence-corrected chi connectivity index (χ3v) is 4.48. The minimum Gasteiger partial charge on any atom is -0.469 e. The summed E-state index contributed by atoms with van der Waals surface area (Å²) >= 11 is 1.63. The molecular formula is C17H20N4O2S. The zero-order chi connectivity index (χ0) is 16.8. The Morgan fingerprint density at radius 3 is 2.71 bits per heavy atom. The lowest BCUT2D eigenvalue weighted by Gasteiger charge is -2.10. The van der Waals surface area contributed by atoms with Gasteiger partial charge in [0.15, 0.2) is 11.0 Å². The van der Waals surface area contributed by atoms with Gasteiger partial charge in [-0.25, -0.2) is 0 Å². The highest BCUT2D eigenvalue weighted by atomic mass is 32.2. The van der Waals surface area contributed by atoms with Crippen LogP contribution in [0.15, 0.2) is 52.2 Å². The highest BCUT2D eigenvalue weighted by Crippen LogP contribution is 2.29. The minimum absolute atomic E-state index is 0.148. The van der Waals surface area contributed by atoms with E-state index in [9.17, 15) is 0 Å².